The van der Waals surface area contributed by atoms with Crippen LogP contribution in [0.3, 0.4) is 0 Å². The average Bonchev–Trinajstić information content (AvgIpc) is 2.07. The zero-order valence-electron chi connectivity index (χ0n) is 7.58. The molecular formula is C10H9BrO3. The summed E-state index contributed by atoms with van der Waals surface area (Å²) in [4.78, 5) is 21.6. The first kappa shape index (κ1) is 10.9. The van der Waals surface area contributed by atoms with Crippen LogP contribution in [0.15, 0.2) is 22.7 Å². The van der Waals surface area contributed by atoms with Gasteiger partial charge in [-0.25, -0.2) is 4.79 Å². The summed E-state index contributed by atoms with van der Waals surface area (Å²) < 4.78 is 0.489. The molecule has 1 rings (SSSR count). The van der Waals surface area contributed by atoms with Crippen molar-refractivity contribution in [3.63, 3.8) is 0 Å². The predicted molar refractivity (Wildman–Crippen MR) is 55.5 cm³/mol. The molecule has 0 saturated carbocycles. The van der Waals surface area contributed by atoms with E-state index < -0.39 is 5.97 Å². The molecule has 0 saturated heterocycles. The number of aromatic carboxylic acids is 1. The molecule has 14 heavy (non-hydrogen) atoms. The SMILES string of the molecule is CC(=O)Cc1cccc(C(=O)O)c1Br. The van der Waals surface area contributed by atoms with Crippen molar-refractivity contribution >= 4 is 27.7 Å². The first-order valence-corrected chi connectivity index (χ1v) is 4.81. The van der Waals surface area contributed by atoms with Gasteiger partial charge in [-0.2, -0.15) is 0 Å². The molecule has 4 heteroatoms. The fourth-order valence-corrected chi connectivity index (χ4v) is 1.72. The number of carboxylic acid groups (broad SMARTS) is 1. The van der Waals surface area contributed by atoms with Crippen LogP contribution in [-0.2, 0) is 11.2 Å². The second-order valence-electron chi connectivity index (χ2n) is 2.96. The summed E-state index contributed by atoms with van der Waals surface area (Å²) in [6.45, 7) is 1.47. The number of rotatable bonds is 3. The minimum atomic E-state index is -0.998. The summed E-state index contributed by atoms with van der Waals surface area (Å²) in [5.41, 5.74) is 0.890. The van der Waals surface area contributed by atoms with E-state index in [9.17, 15) is 9.59 Å². The van der Waals surface area contributed by atoms with E-state index in [2.05, 4.69) is 15.9 Å². The lowest BCUT2D eigenvalue weighted by Gasteiger charge is -2.04. The summed E-state index contributed by atoms with van der Waals surface area (Å²) in [5, 5.41) is 8.81. The van der Waals surface area contributed by atoms with Gasteiger partial charge in [0.2, 0.25) is 0 Å². The van der Waals surface area contributed by atoms with Crippen molar-refractivity contribution in [3.05, 3.63) is 33.8 Å². The molecule has 1 aromatic carbocycles. The fourth-order valence-electron chi connectivity index (χ4n) is 1.15. The molecule has 0 heterocycles. The Kier molecular flexibility index (Phi) is 3.41. The third kappa shape index (κ3) is 2.42. The van der Waals surface area contributed by atoms with Gasteiger partial charge in [0.25, 0.3) is 0 Å². The van der Waals surface area contributed by atoms with Crippen LogP contribution in [0.1, 0.15) is 22.8 Å². The Hall–Kier alpha value is -1.16. The molecule has 0 unspecified atom stereocenters. The molecule has 0 spiro atoms. The molecule has 0 radical (unpaired) electrons. The number of hydrogen-bond donors (Lipinski definition) is 1. The Morgan fingerprint density at radius 1 is 1.43 bits per heavy atom. The summed E-state index contributed by atoms with van der Waals surface area (Å²) in [5.74, 6) is -0.990. The van der Waals surface area contributed by atoms with Crippen LogP contribution in [0.4, 0.5) is 0 Å². The number of Topliss-reactive ketones (excluding diaryl/α,β-unsaturated/α-hetero) is 1. The van der Waals surface area contributed by atoms with Crippen LogP contribution in [-0.4, -0.2) is 16.9 Å². The molecule has 0 bridgehead atoms. The Morgan fingerprint density at radius 3 is 2.57 bits per heavy atom. The van der Waals surface area contributed by atoms with Gasteiger partial charge < -0.3 is 5.11 Å². The van der Waals surface area contributed by atoms with Crippen LogP contribution in [0, 0.1) is 0 Å². The number of carboxylic acids is 1. The van der Waals surface area contributed by atoms with Gasteiger partial charge in [-0.1, -0.05) is 12.1 Å². The standard InChI is InChI=1S/C10H9BrO3/c1-6(12)5-7-3-2-4-8(9(7)11)10(13)14/h2-4H,5H2,1H3,(H,13,14). The lowest BCUT2D eigenvalue weighted by Crippen LogP contribution is -2.03. The van der Waals surface area contributed by atoms with Crippen molar-refractivity contribution in [3.8, 4) is 0 Å². The van der Waals surface area contributed by atoms with E-state index in [0.29, 0.717) is 10.0 Å². The number of carbonyl (C=O) groups excluding carboxylic acids is 1. The third-order valence-electron chi connectivity index (χ3n) is 1.75. The van der Waals surface area contributed by atoms with Gasteiger partial charge in [0, 0.05) is 10.9 Å². The maximum atomic E-state index is 10.9. The fraction of sp³-hybridized carbons (Fsp3) is 0.200. The number of hydrogen-bond acceptors (Lipinski definition) is 2. The Balaban J connectivity index is 3.13. The number of carbonyl (C=O) groups is 2. The van der Waals surface area contributed by atoms with Gasteiger partial charge in [-0.15, -0.1) is 0 Å². The summed E-state index contributed by atoms with van der Waals surface area (Å²) in [6, 6.07) is 4.86. The molecule has 3 nitrogen and oxygen atoms in total. The van der Waals surface area contributed by atoms with Crippen LogP contribution in [0.25, 0.3) is 0 Å². The van der Waals surface area contributed by atoms with Crippen LogP contribution in [0.2, 0.25) is 0 Å². The van der Waals surface area contributed by atoms with Gasteiger partial charge in [0.1, 0.15) is 5.78 Å². The van der Waals surface area contributed by atoms with Gasteiger partial charge >= 0.3 is 5.97 Å². The van der Waals surface area contributed by atoms with Crippen molar-refractivity contribution in [2.75, 3.05) is 0 Å². The smallest absolute Gasteiger partial charge is 0.336 e. The van der Waals surface area contributed by atoms with E-state index in [4.69, 9.17) is 5.11 Å². The molecule has 74 valence electrons. The quantitative estimate of drug-likeness (QED) is 0.903. The normalized spacial score (nSPS) is 9.86. The third-order valence-corrected chi connectivity index (χ3v) is 2.68. The number of benzene rings is 1. The Bertz CT molecular complexity index is 385. The van der Waals surface area contributed by atoms with E-state index in [0.717, 1.165) is 0 Å². The summed E-state index contributed by atoms with van der Waals surface area (Å²) in [6.07, 6.45) is 0.252. The topological polar surface area (TPSA) is 54.4 Å². The highest BCUT2D eigenvalue weighted by Crippen LogP contribution is 2.22. The van der Waals surface area contributed by atoms with Crippen molar-refractivity contribution in [2.24, 2.45) is 0 Å². The molecule has 0 aliphatic heterocycles. The van der Waals surface area contributed by atoms with E-state index >= 15 is 0 Å². The van der Waals surface area contributed by atoms with Crippen LogP contribution >= 0.6 is 15.9 Å². The number of halogens is 1. The second kappa shape index (κ2) is 4.37. The van der Waals surface area contributed by atoms with E-state index in [1.807, 2.05) is 0 Å². The monoisotopic (exact) mass is 256 g/mol. The minimum absolute atomic E-state index is 0.00763. The van der Waals surface area contributed by atoms with Crippen molar-refractivity contribution < 1.29 is 14.7 Å². The summed E-state index contributed by atoms with van der Waals surface area (Å²) >= 11 is 3.18. The Morgan fingerprint density at radius 2 is 2.07 bits per heavy atom. The molecule has 0 aromatic heterocycles. The molecule has 0 atom stereocenters. The Labute approximate surface area is 89.9 Å². The van der Waals surface area contributed by atoms with Gasteiger partial charge in [-0.05, 0) is 34.5 Å². The molecule has 0 aliphatic carbocycles. The van der Waals surface area contributed by atoms with Gasteiger partial charge in [0.15, 0.2) is 0 Å². The average molecular weight is 257 g/mol. The first-order valence-electron chi connectivity index (χ1n) is 4.02. The highest BCUT2D eigenvalue weighted by atomic mass is 79.9. The minimum Gasteiger partial charge on any atom is -0.478 e. The summed E-state index contributed by atoms with van der Waals surface area (Å²) in [7, 11) is 0. The lowest BCUT2D eigenvalue weighted by molar-refractivity contribution is -0.116. The number of ketones is 1. The van der Waals surface area contributed by atoms with Crippen LogP contribution < -0.4 is 0 Å². The lowest BCUT2D eigenvalue weighted by atomic mass is 10.1. The zero-order valence-corrected chi connectivity index (χ0v) is 9.17. The maximum Gasteiger partial charge on any atom is 0.336 e. The first-order chi connectivity index (χ1) is 6.52. The van der Waals surface area contributed by atoms with Crippen molar-refractivity contribution in [1.82, 2.24) is 0 Å². The highest BCUT2D eigenvalue weighted by molar-refractivity contribution is 9.10. The molecule has 0 amide bonds. The van der Waals surface area contributed by atoms with E-state index in [1.165, 1.54) is 13.0 Å². The van der Waals surface area contributed by atoms with Crippen molar-refractivity contribution in [2.45, 2.75) is 13.3 Å². The zero-order chi connectivity index (χ0) is 10.7. The van der Waals surface area contributed by atoms with Crippen LogP contribution in [0.5, 0.6) is 0 Å². The predicted octanol–water partition coefficient (Wildman–Crippen LogP) is 2.28. The van der Waals surface area contributed by atoms with Crippen molar-refractivity contribution in [1.29, 1.82) is 0 Å². The molecule has 0 fully saturated rings. The highest BCUT2D eigenvalue weighted by Gasteiger charge is 2.11. The van der Waals surface area contributed by atoms with E-state index in [1.54, 1.807) is 12.1 Å². The maximum absolute atomic E-state index is 10.9. The molecular weight excluding hydrogens is 248 g/mol. The molecule has 1 aromatic rings. The van der Waals surface area contributed by atoms with Gasteiger partial charge in [0.05, 0.1) is 5.56 Å². The van der Waals surface area contributed by atoms with E-state index in [-0.39, 0.29) is 17.8 Å². The van der Waals surface area contributed by atoms with Gasteiger partial charge in [-0.3, -0.25) is 4.79 Å². The molecule has 1 N–H and O–H groups in total. The molecule has 0 aliphatic rings. The second-order valence-corrected chi connectivity index (χ2v) is 3.76. The largest absolute Gasteiger partial charge is 0.478 e.